The zero-order valence-electron chi connectivity index (χ0n) is 14.3. The highest BCUT2D eigenvalue weighted by atomic mass is 32.2. The molecule has 1 aliphatic rings. The zero-order chi connectivity index (χ0) is 18.1. The Morgan fingerprint density at radius 3 is 3.15 bits per heavy atom. The van der Waals surface area contributed by atoms with Crippen molar-refractivity contribution in [2.45, 2.75) is 31.9 Å². The Hall–Kier alpha value is -2.19. The number of rotatable bonds is 5. The van der Waals surface area contributed by atoms with Gasteiger partial charge in [-0.2, -0.15) is 0 Å². The number of amides is 1. The van der Waals surface area contributed by atoms with Crippen LogP contribution in [-0.4, -0.2) is 26.6 Å². The van der Waals surface area contributed by atoms with Crippen LogP contribution >= 0.6 is 23.1 Å². The van der Waals surface area contributed by atoms with Gasteiger partial charge < -0.3 is 10.3 Å². The summed E-state index contributed by atoms with van der Waals surface area (Å²) in [7, 11) is 0. The van der Waals surface area contributed by atoms with Crippen LogP contribution in [0.25, 0.3) is 10.2 Å². The number of thioether (sulfide) groups is 1. The average molecular weight is 387 g/mol. The first-order valence-electron chi connectivity index (χ1n) is 8.44. The normalized spacial score (nSPS) is 13.1. The third-order valence-electron chi connectivity index (χ3n) is 4.36. The fourth-order valence-corrected chi connectivity index (χ4v) is 5.11. The van der Waals surface area contributed by atoms with Crippen molar-refractivity contribution >= 4 is 45.0 Å². The summed E-state index contributed by atoms with van der Waals surface area (Å²) in [5, 5.41) is 3.57. The van der Waals surface area contributed by atoms with Gasteiger partial charge in [0.05, 0.1) is 16.9 Å². The SMILES string of the molecule is Cc1cccnc1NC(=O)CSCc1nc2sc3c(c2c(=O)[nH]1)CCC3. The van der Waals surface area contributed by atoms with Crippen LogP contribution in [0, 0.1) is 6.92 Å². The Labute approximate surface area is 158 Å². The van der Waals surface area contributed by atoms with Crippen molar-refractivity contribution < 1.29 is 4.79 Å². The molecule has 1 amide bonds. The minimum absolute atomic E-state index is 0.0569. The molecule has 0 fully saturated rings. The summed E-state index contributed by atoms with van der Waals surface area (Å²) in [5.41, 5.74) is 2.05. The number of fused-ring (bicyclic) bond motifs is 3. The number of aromatic amines is 1. The lowest BCUT2D eigenvalue weighted by Crippen LogP contribution is -2.16. The average Bonchev–Trinajstić information content (AvgIpc) is 3.17. The summed E-state index contributed by atoms with van der Waals surface area (Å²) < 4.78 is 0. The first-order valence-corrected chi connectivity index (χ1v) is 10.4. The lowest BCUT2D eigenvalue weighted by Gasteiger charge is -2.06. The smallest absolute Gasteiger partial charge is 0.259 e. The molecule has 0 aromatic carbocycles. The van der Waals surface area contributed by atoms with E-state index in [-0.39, 0.29) is 17.2 Å². The van der Waals surface area contributed by atoms with E-state index < -0.39 is 0 Å². The van der Waals surface area contributed by atoms with Gasteiger partial charge in [-0.25, -0.2) is 9.97 Å². The van der Waals surface area contributed by atoms with Crippen molar-refractivity contribution in [1.82, 2.24) is 15.0 Å². The van der Waals surface area contributed by atoms with Crippen molar-refractivity contribution in [3.63, 3.8) is 0 Å². The van der Waals surface area contributed by atoms with Crippen molar-refractivity contribution in [3.05, 3.63) is 50.5 Å². The molecule has 134 valence electrons. The van der Waals surface area contributed by atoms with Gasteiger partial charge in [0.25, 0.3) is 5.56 Å². The maximum absolute atomic E-state index is 12.4. The van der Waals surface area contributed by atoms with Gasteiger partial charge in [-0.05, 0) is 43.4 Å². The van der Waals surface area contributed by atoms with Gasteiger partial charge >= 0.3 is 0 Å². The van der Waals surface area contributed by atoms with Gasteiger partial charge in [-0.15, -0.1) is 23.1 Å². The van der Waals surface area contributed by atoms with Crippen molar-refractivity contribution in [2.24, 2.45) is 0 Å². The van der Waals surface area contributed by atoms with Crippen LogP contribution in [0.2, 0.25) is 0 Å². The molecule has 6 nitrogen and oxygen atoms in total. The molecule has 3 aromatic heterocycles. The number of hydrogen-bond donors (Lipinski definition) is 2. The molecular formula is C18H18N4O2S2. The molecule has 3 heterocycles. The summed E-state index contributed by atoms with van der Waals surface area (Å²) in [6, 6.07) is 3.73. The second kappa shape index (κ2) is 7.20. The Morgan fingerprint density at radius 2 is 2.31 bits per heavy atom. The van der Waals surface area contributed by atoms with Crippen LogP contribution in [0.1, 0.15) is 28.2 Å². The monoisotopic (exact) mass is 386 g/mol. The Morgan fingerprint density at radius 1 is 1.42 bits per heavy atom. The number of nitrogens with one attached hydrogen (secondary N) is 2. The van der Waals surface area contributed by atoms with Gasteiger partial charge in [0, 0.05) is 11.1 Å². The molecule has 2 N–H and O–H groups in total. The molecule has 0 bridgehead atoms. The molecule has 0 atom stereocenters. The first kappa shape index (κ1) is 17.2. The van der Waals surface area contributed by atoms with Crippen LogP contribution < -0.4 is 10.9 Å². The number of aromatic nitrogens is 3. The summed E-state index contributed by atoms with van der Waals surface area (Å²) in [4.78, 5) is 38.2. The van der Waals surface area contributed by atoms with E-state index in [4.69, 9.17) is 0 Å². The minimum atomic E-state index is -0.115. The molecule has 26 heavy (non-hydrogen) atoms. The van der Waals surface area contributed by atoms with Crippen LogP contribution in [0.5, 0.6) is 0 Å². The maximum Gasteiger partial charge on any atom is 0.259 e. The van der Waals surface area contributed by atoms with Gasteiger partial charge in [-0.1, -0.05) is 6.07 Å². The topological polar surface area (TPSA) is 87.7 Å². The quantitative estimate of drug-likeness (QED) is 0.704. The van der Waals surface area contributed by atoms with Crippen LogP contribution in [0.15, 0.2) is 23.1 Å². The Kier molecular flexibility index (Phi) is 4.78. The van der Waals surface area contributed by atoms with Gasteiger partial charge in [-0.3, -0.25) is 9.59 Å². The van der Waals surface area contributed by atoms with Crippen LogP contribution in [0.4, 0.5) is 5.82 Å². The summed E-state index contributed by atoms with van der Waals surface area (Å²) in [6.07, 6.45) is 4.80. The molecule has 0 saturated heterocycles. The second-order valence-corrected chi connectivity index (χ2v) is 8.33. The number of thiophene rings is 1. The Balaban J connectivity index is 1.40. The molecule has 3 aromatic rings. The van der Waals surface area contributed by atoms with E-state index in [1.807, 2.05) is 19.1 Å². The number of pyridine rings is 1. The van der Waals surface area contributed by atoms with Gasteiger partial charge in [0.15, 0.2) is 0 Å². The number of hydrogen-bond acceptors (Lipinski definition) is 6. The van der Waals surface area contributed by atoms with E-state index in [1.165, 1.54) is 22.2 Å². The fraction of sp³-hybridized carbons (Fsp3) is 0.333. The minimum Gasteiger partial charge on any atom is -0.310 e. The number of carbonyl (C=O) groups is 1. The summed E-state index contributed by atoms with van der Waals surface area (Å²) >= 11 is 3.05. The molecular weight excluding hydrogens is 368 g/mol. The maximum atomic E-state index is 12.4. The first-order chi connectivity index (χ1) is 12.6. The van der Waals surface area contributed by atoms with Crippen LogP contribution in [0.3, 0.4) is 0 Å². The molecule has 0 radical (unpaired) electrons. The molecule has 1 aliphatic carbocycles. The van der Waals surface area contributed by atoms with E-state index in [0.29, 0.717) is 17.4 Å². The third-order valence-corrected chi connectivity index (χ3v) is 6.49. The van der Waals surface area contributed by atoms with Crippen molar-refractivity contribution in [1.29, 1.82) is 0 Å². The highest BCUT2D eigenvalue weighted by Crippen LogP contribution is 2.34. The van der Waals surface area contributed by atoms with E-state index in [1.54, 1.807) is 17.5 Å². The molecule has 0 aliphatic heterocycles. The molecule has 4 rings (SSSR count). The van der Waals surface area contributed by atoms with Crippen molar-refractivity contribution in [3.8, 4) is 0 Å². The number of H-pyrrole nitrogens is 1. The third kappa shape index (κ3) is 3.39. The molecule has 0 saturated carbocycles. The number of carbonyl (C=O) groups excluding carboxylic acids is 1. The van der Waals surface area contributed by atoms with Gasteiger partial charge in [0.2, 0.25) is 5.91 Å². The predicted molar refractivity (Wildman–Crippen MR) is 106 cm³/mol. The largest absolute Gasteiger partial charge is 0.310 e. The second-order valence-electron chi connectivity index (χ2n) is 6.26. The van der Waals surface area contributed by atoms with Gasteiger partial charge in [0.1, 0.15) is 16.5 Å². The predicted octanol–water partition coefficient (Wildman–Crippen LogP) is 3.05. The van der Waals surface area contributed by atoms with Crippen molar-refractivity contribution in [2.75, 3.05) is 11.1 Å². The summed E-state index contributed by atoms with van der Waals surface area (Å²) in [6.45, 7) is 1.90. The highest BCUT2D eigenvalue weighted by Gasteiger charge is 2.21. The molecule has 0 unspecified atom stereocenters. The van der Waals surface area contributed by atoms with E-state index in [9.17, 15) is 9.59 Å². The van der Waals surface area contributed by atoms with E-state index >= 15 is 0 Å². The van der Waals surface area contributed by atoms with E-state index in [2.05, 4.69) is 20.3 Å². The fourth-order valence-electron chi connectivity index (χ4n) is 3.14. The molecule has 8 heteroatoms. The lowest BCUT2D eigenvalue weighted by molar-refractivity contribution is -0.113. The lowest BCUT2D eigenvalue weighted by atomic mass is 10.2. The standard InChI is InChI=1S/C18H18N4O2S2/c1-10-4-3-7-19-16(10)22-14(23)9-25-8-13-20-17(24)15-11-5-2-6-12(11)26-18(15)21-13/h3-4,7H,2,5-6,8-9H2,1H3,(H,19,22,23)(H,20,21,24). The zero-order valence-corrected chi connectivity index (χ0v) is 15.9. The van der Waals surface area contributed by atoms with Crippen LogP contribution in [-0.2, 0) is 23.4 Å². The number of anilines is 1. The summed E-state index contributed by atoms with van der Waals surface area (Å²) in [5.74, 6) is 1.85. The number of nitrogens with zero attached hydrogens (tertiary/aromatic N) is 2. The highest BCUT2D eigenvalue weighted by molar-refractivity contribution is 7.99. The Bertz CT molecular complexity index is 1040. The van der Waals surface area contributed by atoms with E-state index in [0.717, 1.165) is 35.0 Å². The molecule has 0 spiro atoms. The number of aryl methyl sites for hydroxylation is 3.